The number of hydrogen-bond acceptors (Lipinski definition) is 2. The van der Waals surface area contributed by atoms with Gasteiger partial charge in [-0.25, -0.2) is 4.39 Å². The second kappa shape index (κ2) is 6.64. The monoisotopic (exact) mass is 310 g/mol. The molecule has 0 saturated carbocycles. The molecule has 1 N–H and O–H groups in total. The van der Waals surface area contributed by atoms with Gasteiger partial charge in [0.05, 0.1) is 0 Å². The number of nitrogens with zero attached hydrogens (tertiary/aromatic N) is 1. The van der Waals surface area contributed by atoms with Crippen LogP contribution in [0.3, 0.4) is 0 Å². The van der Waals surface area contributed by atoms with Crippen molar-refractivity contribution in [2.45, 2.75) is 63.7 Å². The van der Waals surface area contributed by atoms with Crippen molar-refractivity contribution in [1.82, 2.24) is 10.2 Å². The minimum absolute atomic E-state index is 0.180. The summed E-state index contributed by atoms with van der Waals surface area (Å²) in [4.78, 5) is 2.47. The Labute approximate surface area is 131 Å². The fraction of sp³-hybridized carbons (Fsp3) is 0.647. The van der Waals surface area contributed by atoms with E-state index >= 15 is 0 Å². The fourth-order valence-corrected chi connectivity index (χ4v) is 4.03. The Morgan fingerprint density at radius 3 is 2.62 bits per heavy atom. The van der Waals surface area contributed by atoms with Crippen LogP contribution in [0.1, 0.15) is 44.6 Å². The molecule has 21 heavy (non-hydrogen) atoms. The molecule has 0 radical (unpaired) electrons. The van der Waals surface area contributed by atoms with Gasteiger partial charge in [-0.2, -0.15) is 0 Å². The van der Waals surface area contributed by atoms with E-state index in [0.717, 1.165) is 18.5 Å². The summed E-state index contributed by atoms with van der Waals surface area (Å²) in [6.07, 6.45) is 6.11. The van der Waals surface area contributed by atoms with E-state index in [1.165, 1.54) is 31.7 Å². The van der Waals surface area contributed by atoms with Gasteiger partial charge in [0.2, 0.25) is 0 Å². The Balaban J connectivity index is 1.72. The van der Waals surface area contributed by atoms with Crippen LogP contribution in [0.15, 0.2) is 18.2 Å². The molecule has 1 aromatic rings. The Morgan fingerprint density at radius 2 is 2.00 bits per heavy atom. The van der Waals surface area contributed by atoms with E-state index in [4.69, 9.17) is 11.6 Å². The van der Waals surface area contributed by atoms with Crippen LogP contribution in [0.4, 0.5) is 4.39 Å². The third-order valence-corrected chi connectivity index (χ3v) is 5.10. The van der Waals surface area contributed by atoms with Crippen molar-refractivity contribution in [2.75, 3.05) is 6.54 Å². The van der Waals surface area contributed by atoms with Crippen LogP contribution in [0.2, 0.25) is 5.02 Å². The van der Waals surface area contributed by atoms with Crippen molar-refractivity contribution in [2.24, 2.45) is 0 Å². The molecule has 3 rings (SSSR count). The lowest BCUT2D eigenvalue weighted by Gasteiger charge is -2.38. The molecule has 2 nitrogen and oxygen atoms in total. The van der Waals surface area contributed by atoms with Crippen LogP contribution < -0.4 is 5.32 Å². The molecule has 0 aromatic heterocycles. The second-order valence-corrected chi connectivity index (χ2v) is 6.91. The zero-order valence-corrected chi connectivity index (χ0v) is 13.4. The van der Waals surface area contributed by atoms with E-state index in [9.17, 15) is 4.39 Å². The highest BCUT2D eigenvalue weighted by Crippen LogP contribution is 2.31. The number of hydrogen-bond donors (Lipinski definition) is 1. The van der Waals surface area contributed by atoms with Crippen LogP contribution in [-0.2, 0) is 6.54 Å². The smallest absolute Gasteiger partial charge is 0.129 e. The normalized spacial score (nSPS) is 28.3. The Hall–Kier alpha value is -0.640. The zero-order valence-electron chi connectivity index (χ0n) is 12.6. The van der Waals surface area contributed by atoms with Crippen LogP contribution in [-0.4, -0.2) is 29.6 Å². The maximum Gasteiger partial charge on any atom is 0.129 e. The zero-order chi connectivity index (χ0) is 14.8. The van der Waals surface area contributed by atoms with E-state index in [1.807, 2.05) is 6.07 Å². The highest BCUT2D eigenvalue weighted by atomic mass is 35.5. The molecule has 1 aromatic carbocycles. The number of fused-ring (bicyclic) bond motifs is 2. The molecule has 2 unspecified atom stereocenters. The maximum absolute atomic E-state index is 14.1. The van der Waals surface area contributed by atoms with Crippen molar-refractivity contribution < 1.29 is 4.39 Å². The first kappa shape index (κ1) is 15.3. The summed E-state index contributed by atoms with van der Waals surface area (Å²) in [5.74, 6) is -0.180. The SMILES string of the molecule is CCCN(Cc1ccc(Cl)cc1F)C1CC2CCC(C1)N2. The summed E-state index contributed by atoms with van der Waals surface area (Å²) in [6, 6.07) is 6.96. The first-order chi connectivity index (χ1) is 10.2. The van der Waals surface area contributed by atoms with Gasteiger partial charge in [-0.15, -0.1) is 0 Å². The van der Waals surface area contributed by atoms with E-state index in [1.54, 1.807) is 6.07 Å². The Bertz CT molecular complexity index is 482. The molecule has 2 saturated heterocycles. The summed E-state index contributed by atoms with van der Waals surface area (Å²) in [5, 5.41) is 4.15. The standard InChI is InChI=1S/C17H24ClFN2/c1-2-7-21(11-12-3-4-13(18)8-17(12)19)16-9-14-5-6-15(10-16)20-14/h3-4,8,14-16,20H,2,5-7,9-11H2,1H3. The quantitative estimate of drug-likeness (QED) is 0.885. The molecule has 0 spiro atoms. The molecular weight excluding hydrogens is 287 g/mol. The molecule has 2 atom stereocenters. The third-order valence-electron chi connectivity index (χ3n) is 4.86. The molecule has 116 valence electrons. The number of rotatable bonds is 5. The number of nitrogens with one attached hydrogen (secondary N) is 1. The van der Waals surface area contributed by atoms with Gasteiger partial charge in [-0.3, -0.25) is 4.90 Å². The van der Waals surface area contributed by atoms with E-state index < -0.39 is 0 Å². The van der Waals surface area contributed by atoms with Gasteiger partial charge in [0.25, 0.3) is 0 Å². The first-order valence-corrected chi connectivity index (χ1v) is 8.47. The molecule has 4 heteroatoms. The third kappa shape index (κ3) is 3.58. The summed E-state index contributed by atoms with van der Waals surface area (Å²) in [6.45, 7) is 3.92. The minimum Gasteiger partial charge on any atom is -0.311 e. The molecule has 2 aliphatic heterocycles. The van der Waals surface area contributed by atoms with E-state index in [0.29, 0.717) is 29.7 Å². The summed E-state index contributed by atoms with van der Waals surface area (Å²) in [5.41, 5.74) is 0.763. The van der Waals surface area contributed by atoms with E-state index in [2.05, 4.69) is 17.1 Å². The van der Waals surface area contributed by atoms with Crippen molar-refractivity contribution in [3.63, 3.8) is 0 Å². The lowest BCUT2D eigenvalue weighted by molar-refractivity contribution is 0.132. The van der Waals surface area contributed by atoms with Crippen LogP contribution in [0.25, 0.3) is 0 Å². The molecule has 2 bridgehead atoms. The maximum atomic E-state index is 14.1. The van der Waals surface area contributed by atoms with Gasteiger partial charge >= 0.3 is 0 Å². The Morgan fingerprint density at radius 1 is 1.29 bits per heavy atom. The highest BCUT2D eigenvalue weighted by Gasteiger charge is 2.35. The number of halogens is 2. The predicted octanol–water partition coefficient (Wildman–Crippen LogP) is 3.97. The highest BCUT2D eigenvalue weighted by molar-refractivity contribution is 6.30. The van der Waals surface area contributed by atoms with Gasteiger partial charge in [0.15, 0.2) is 0 Å². The van der Waals surface area contributed by atoms with Crippen molar-refractivity contribution in [3.8, 4) is 0 Å². The minimum atomic E-state index is -0.180. The fourth-order valence-electron chi connectivity index (χ4n) is 3.87. The predicted molar refractivity (Wildman–Crippen MR) is 85.1 cm³/mol. The molecular formula is C17H24ClFN2. The molecule has 0 aliphatic carbocycles. The van der Waals surface area contributed by atoms with Gasteiger partial charge in [-0.1, -0.05) is 24.6 Å². The second-order valence-electron chi connectivity index (χ2n) is 6.47. The number of piperidine rings is 1. The van der Waals surface area contributed by atoms with Crippen molar-refractivity contribution in [1.29, 1.82) is 0 Å². The summed E-state index contributed by atoms with van der Waals surface area (Å²) >= 11 is 5.85. The van der Waals surface area contributed by atoms with Gasteiger partial charge in [-0.05, 0) is 50.8 Å². The van der Waals surface area contributed by atoms with Crippen LogP contribution >= 0.6 is 11.6 Å². The van der Waals surface area contributed by atoms with Crippen molar-refractivity contribution >= 4 is 11.6 Å². The average Bonchev–Trinajstić information content (AvgIpc) is 2.79. The lowest BCUT2D eigenvalue weighted by atomic mass is 9.97. The van der Waals surface area contributed by atoms with Gasteiger partial charge < -0.3 is 5.32 Å². The molecule has 2 aliphatic rings. The molecule has 2 heterocycles. The van der Waals surface area contributed by atoms with E-state index in [-0.39, 0.29) is 5.82 Å². The van der Waals surface area contributed by atoms with Gasteiger partial charge in [0.1, 0.15) is 5.82 Å². The summed E-state index contributed by atoms with van der Waals surface area (Å²) < 4.78 is 14.1. The molecule has 0 amide bonds. The van der Waals surface area contributed by atoms with Crippen LogP contribution in [0.5, 0.6) is 0 Å². The van der Waals surface area contributed by atoms with Crippen LogP contribution in [0, 0.1) is 5.82 Å². The number of benzene rings is 1. The average molecular weight is 311 g/mol. The Kier molecular flexibility index (Phi) is 4.82. The lowest BCUT2D eigenvalue weighted by Crippen LogP contribution is -2.48. The molecule has 2 fully saturated rings. The van der Waals surface area contributed by atoms with Crippen molar-refractivity contribution in [3.05, 3.63) is 34.6 Å². The van der Waals surface area contributed by atoms with Gasteiger partial charge in [0, 0.05) is 35.3 Å². The largest absolute Gasteiger partial charge is 0.311 e. The topological polar surface area (TPSA) is 15.3 Å². The first-order valence-electron chi connectivity index (χ1n) is 8.09. The summed E-state index contributed by atoms with van der Waals surface area (Å²) in [7, 11) is 0.